The molecule has 6 aromatic carbocycles. The summed E-state index contributed by atoms with van der Waals surface area (Å²) in [7, 11) is 1.08. The molecule has 6 aromatic rings. The van der Waals surface area contributed by atoms with Crippen molar-refractivity contribution in [3.63, 3.8) is 0 Å². The van der Waals surface area contributed by atoms with Gasteiger partial charge in [0, 0.05) is 58.4 Å². The van der Waals surface area contributed by atoms with Gasteiger partial charge in [0.1, 0.15) is 12.9 Å². The van der Waals surface area contributed by atoms with Gasteiger partial charge in [0.15, 0.2) is 0 Å². The molecule has 0 heterocycles. The van der Waals surface area contributed by atoms with Crippen molar-refractivity contribution in [2.45, 2.75) is 53.7 Å². The number of halogens is 8. The molecular weight excluding hydrogens is 1390 g/mol. The Labute approximate surface area is 564 Å². The van der Waals surface area contributed by atoms with Crippen molar-refractivity contribution in [1.29, 1.82) is 36.8 Å². The molecule has 0 spiro atoms. The molecule has 0 saturated carbocycles. The van der Waals surface area contributed by atoms with Crippen LogP contribution in [0.2, 0.25) is 30.1 Å². The fraction of sp³-hybridized carbons (Fsp3) is 0.179. The molecular formula is C56H54Br2Cl6N8NaO7PZn. The Morgan fingerprint density at radius 2 is 0.890 bits per heavy atom. The maximum atomic E-state index is 10.5. The summed E-state index contributed by atoms with van der Waals surface area (Å²) in [5.41, 5.74) is 7.57. The van der Waals surface area contributed by atoms with Crippen molar-refractivity contribution in [1.82, 2.24) is 6.15 Å². The molecule has 0 bridgehead atoms. The molecule has 0 amide bonds. The van der Waals surface area contributed by atoms with E-state index in [-0.39, 0.29) is 87.3 Å². The average molecular weight is 1440 g/mol. The first-order valence-corrected chi connectivity index (χ1v) is 27.0. The molecule has 0 fully saturated rings. The average Bonchev–Trinajstić information content (AvgIpc) is 3.38. The Bertz CT molecular complexity index is 2960. The normalized spacial score (nSPS) is 7.93. The number of carbonyl (C=O) groups is 3. The molecule has 0 saturated heterocycles. The zero-order chi connectivity index (χ0) is 60.1. The first-order chi connectivity index (χ1) is 36.4. The van der Waals surface area contributed by atoms with Crippen LogP contribution in [-0.2, 0) is 52.3 Å². The van der Waals surface area contributed by atoms with E-state index in [0.29, 0.717) is 75.9 Å². The number of esters is 1. The second-order valence-corrected chi connectivity index (χ2v) is 19.1. The van der Waals surface area contributed by atoms with Crippen LogP contribution in [0, 0.1) is 94.2 Å². The minimum atomic E-state index is -1.08. The Kier molecular flexibility index (Phi) is 71.1. The minimum Gasteiger partial charge on any atom is -0.550 e. The Morgan fingerprint density at radius 3 is 1.21 bits per heavy atom. The summed E-state index contributed by atoms with van der Waals surface area (Å²) in [4.78, 5) is 29.7. The predicted octanol–water partition coefficient (Wildman–Crippen LogP) is 11.9. The number of benzene rings is 6. The number of hydrogen-bond donors (Lipinski definition) is 2. The number of aliphatic hydroxyl groups excluding tert-OH is 1. The second-order valence-electron chi connectivity index (χ2n) is 14.0. The van der Waals surface area contributed by atoms with Crippen LogP contribution in [0.3, 0.4) is 0 Å². The van der Waals surface area contributed by atoms with Gasteiger partial charge in [-0.05, 0) is 171 Å². The van der Waals surface area contributed by atoms with Crippen LogP contribution < -0.4 is 40.8 Å². The van der Waals surface area contributed by atoms with Gasteiger partial charge in [-0.2, -0.15) is 26.3 Å². The number of ether oxygens (including phenoxy) is 1. The van der Waals surface area contributed by atoms with Gasteiger partial charge in [-0.25, -0.2) is 0 Å². The third-order valence-electron chi connectivity index (χ3n) is 7.40. The van der Waals surface area contributed by atoms with E-state index in [4.69, 9.17) is 139 Å². The standard InChI is InChI=1S/C10H8ClNO2.C8H5BrClN.C8H6ClNO.C8H4ClNO.C8H6ClN.C7H6BrCl.C2H4O2.C2H7P.2CN.CH4.H3N.Na.H2O.Zn/c1-7(13)14-6-9-2-8(5-12)3-10(11)4-9;9-4-6-1-7(5-11)3-8(10)2-6;2*9-8-2-6(4-10)1-7(3-8)5-11;1-6-2-7(5-10)4-8(9)3-6;1-5-2-6(8)4-7(9)3-5;1-2(3)4;1-3-2;2*1-2;;;;;/h2-4H,6H2,1H3;1-3H,4H2;1-3,11H,5H2;1-3,5H;2-4H,1H3;2-4H,1H3;1H3,(H,3,4);3H,1-2H3;;;1H4;1H3;;1H2;/q;;;;;;;;2*-1;;;+1;;+2/p-1. The maximum Gasteiger partial charge on any atom is 2.00 e. The van der Waals surface area contributed by atoms with Crippen LogP contribution in [0.15, 0.2) is 114 Å². The van der Waals surface area contributed by atoms with Gasteiger partial charge in [0.25, 0.3) is 0 Å². The van der Waals surface area contributed by atoms with Crippen LogP contribution in [0.1, 0.15) is 87.3 Å². The van der Waals surface area contributed by atoms with E-state index in [1.807, 2.05) is 74.5 Å². The summed E-state index contributed by atoms with van der Waals surface area (Å²) < 4.78 is 5.81. The number of rotatable bonds is 5. The first-order valence-electron chi connectivity index (χ1n) is 20.8. The SMILES string of the molecule is C.CC(=O)OCc1cc(Cl)cc(C#N)c1.CC(=O)[O-].CPC.Cc1cc(Cl)cc(Br)c1.Cc1cc(Cl)cc(C#N)c1.N.N#Cc1cc(Cl)cc(C=O)c1.N#Cc1cc(Cl)cc(CBr)c1.N#Cc1cc(Cl)cc(CO)c1.O.[C-]#N.[C-]#N.[Na+].[Zn+2]. The van der Waals surface area contributed by atoms with Crippen molar-refractivity contribution in [3.05, 3.63) is 218 Å². The van der Waals surface area contributed by atoms with Crippen molar-refractivity contribution in [3.8, 4) is 30.3 Å². The van der Waals surface area contributed by atoms with E-state index in [2.05, 4.69) is 45.2 Å². The molecule has 0 unspecified atom stereocenters. The molecule has 6 N–H and O–H groups in total. The van der Waals surface area contributed by atoms with E-state index in [0.717, 1.165) is 41.5 Å². The van der Waals surface area contributed by atoms with Gasteiger partial charge >= 0.3 is 55.0 Å². The van der Waals surface area contributed by atoms with Crippen molar-refractivity contribution in [2.75, 3.05) is 13.3 Å². The number of carboxylic acids is 1. The number of carboxylic acid groups (broad SMARTS) is 1. The van der Waals surface area contributed by atoms with E-state index in [9.17, 15) is 9.59 Å². The zero-order valence-electron chi connectivity index (χ0n) is 44.6. The number of aryl methyl sites for hydroxylation is 2. The van der Waals surface area contributed by atoms with Gasteiger partial charge in [-0.1, -0.05) is 109 Å². The fourth-order valence-corrected chi connectivity index (χ4v) is 7.48. The topological polar surface area (TPSA) is 337 Å². The third-order valence-corrected chi connectivity index (χ3v) is 9.82. The number of aliphatic carboxylic acids is 1. The van der Waals surface area contributed by atoms with Crippen LogP contribution >= 0.6 is 110 Å². The Hall–Kier alpha value is -5.01. The summed E-state index contributed by atoms with van der Waals surface area (Å²) in [6.45, 7) is 20.1. The largest absolute Gasteiger partial charge is 2.00 e. The van der Waals surface area contributed by atoms with Crippen molar-refractivity contribution >= 4 is 128 Å². The molecule has 0 aliphatic heterocycles. The molecule has 6 rings (SSSR count). The third kappa shape index (κ3) is 53.0. The number of aldehydes is 1. The molecule has 15 nitrogen and oxygen atoms in total. The summed E-state index contributed by atoms with van der Waals surface area (Å²) in [5.74, 6) is -1.44. The van der Waals surface area contributed by atoms with Gasteiger partial charge < -0.3 is 55.0 Å². The monoisotopic (exact) mass is 1440 g/mol. The van der Waals surface area contributed by atoms with E-state index < -0.39 is 5.97 Å². The van der Waals surface area contributed by atoms with Crippen molar-refractivity contribution < 1.29 is 83.8 Å². The van der Waals surface area contributed by atoms with Gasteiger partial charge in [-0.15, -0.1) is 8.58 Å². The van der Waals surface area contributed by atoms with Gasteiger partial charge in [-0.3, -0.25) is 9.59 Å². The maximum absolute atomic E-state index is 10.5. The van der Waals surface area contributed by atoms with E-state index in [1.165, 1.54) is 30.7 Å². The summed E-state index contributed by atoms with van der Waals surface area (Å²) in [5, 5.41) is 76.8. The van der Waals surface area contributed by atoms with Gasteiger partial charge in [0.05, 0.1) is 64.8 Å². The van der Waals surface area contributed by atoms with Crippen molar-refractivity contribution in [2.24, 2.45) is 0 Å². The van der Waals surface area contributed by atoms with Crippen LogP contribution in [-0.4, -0.2) is 42.1 Å². The Morgan fingerprint density at radius 1 is 0.598 bits per heavy atom. The van der Waals surface area contributed by atoms with Crippen LogP contribution in [0.4, 0.5) is 0 Å². The fourth-order valence-electron chi connectivity index (χ4n) is 4.82. The zero-order valence-corrected chi connectivity index (χ0v) is 58.3. The molecule has 0 atom stereocenters. The van der Waals surface area contributed by atoms with E-state index in [1.54, 1.807) is 60.7 Å². The Balaban J connectivity index is -0.000000107. The van der Waals surface area contributed by atoms with Crippen LogP contribution in [0.25, 0.3) is 0 Å². The summed E-state index contributed by atoms with van der Waals surface area (Å²) in [6.07, 6.45) is 0.659. The molecule has 82 heavy (non-hydrogen) atoms. The molecule has 0 aliphatic carbocycles. The molecule has 0 aromatic heterocycles. The molecule has 0 radical (unpaired) electrons. The number of aliphatic hydroxyl groups is 1. The number of carbonyl (C=O) groups excluding carboxylic acids is 3. The van der Waals surface area contributed by atoms with Crippen LogP contribution in [0.5, 0.6) is 0 Å². The quantitative estimate of drug-likeness (QED) is 0.0405. The van der Waals surface area contributed by atoms with Gasteiger partial charge in [0.2, 0.25) is 0 Å². The molecule has 0 aliphatic rings. The smallest absolute Gasteiger partial charge is 0.550 e. The molecule has 424 valence electrons. The number of hydrogen-bond acceptors (Lipinski definition) is 14. The number of nitrogens with zero attached hydrogens (tertiary/aromatic N) is 7. The number of nitriles is 5. The summed E-state index contributed by atoms with van der Waals surface area (Å²) in [6, 6.07) is 40.4. The number of alkyl halides is 1. The summed E-state index contributed by atoms with van der Waals surface area (Å²) >= 11 is 40.7. The second kappa shape index (κ2) is 60.6. The predicted molar refractivity (Wildman–Crippen MR) is 325 cm³/mol. The minimum absolute atomic E-state index is 0. The molecule has 26 heteroatoms. The first kappa shape index (κ1) is 96.2. The van der Waals surface area contributed by atoms with E-state index >= 15 is 0 Å².